The number of morpholine rings is 1. The molecule has 0 bridgehead atoms. The molecule has 0 spiro atoms. The molecule has 1 aliphatic heterocycles. The number of thiophene rings is 1. The number of aromatic nitrogens is 1. The van der Waals surface area contributed by atoms with Gasteiger partial charge in [0, 0.05) is 34.2 Å². The van der Waals surface area contributed by atoms with Crippen LogP contribution in [0.1, 0.15) is 10.4 Å². The second-order valence-electron chi connectivity index (χ2n) is 6.38. The lowest BCUT2D eigenvalue weighted by atomic mass is 10.1. The molecular formula is C20H17N3O2S2. The summed E-state index contributed by atoms with van der Waals surface area (Å²) in [6, 6.07) is 13.9. The number of carbonyl (C=O) groups excluding carboxylic acids is 1. The quantitative estimate of drug-likeness (QED) is 0.551. The Labute approximate surface area is 164 Å². The van der Waals surface area contributed by atoms with Crippen molar-refractivity contribution in [2.75, 3.05) is 36.5 Å². The first-order chi connectivity index (χ1) is 13.3. The van der Waals surface area contributed by atoms with Gasteiger partial charge >= 0.3 is 0 Å². The zero-order valence-electron chi connectivity index (χ0n) is 14.5. The topological polar surface area (TPSA) is 54.5 Å². The highest BCUT2D eigenvalue weighted by atomic mass is 32.1. The van der Waals surface area contributed by atoms with Gasteiger partial charge in [0.15, 0.2) is 5.13 Å². The maximum atomic E-state index is 12.7. The largest absolute Gasteiger partial charge is 0.378 e. The van der Waals surface area contributed by atoms with E-state index in [0.29, 0.717) is 5.56 Å². The van der Waals surface area contributed by atoms with Gasteiger partial charge in [-0.3, -0.25) is 4.79 Å². The fraction of sp³-hybridized carbons (Fsp3) is 0.200. The Morgan fingerprint density at radius 2 is 1.96 bits per heavy atom. The van der Waals surface area contributed by atoms with Gasteiger partial charge in [-0.1, -0.05) is 29.5 Å². The number of nitrogens with one attached hydrogen (secondary N) is 1. The van der Waals surface area contributed by atoms with Crippen LogP contribution in [0.5, 0.6) is 0 Å². The SMILES string of the molecule is O=C(Nc1ccc2nc(N3CCOCC3)sc2c1)c1csc2ccccc12. The van der Waals surface area contributed by atoms with E-state index < -0.39 is 0 Å². The zero-order valence-corrected chi connectivity index (χ0v) is 16.1. The number of nitrogens with zero attached hydrogens (tertiary/aromatic N) is 2. The smallest absolute Gasteiger partial charge is 0.257 e. The van der Waals surface area contributed by atoms with Crippen molar-refractivity contribution in [3.05, 3.63) is 53.4 Å². The highest BCUT2D eigenvalue weighted by Gasteiger charge is 2.16. The molecule has 5 rings (SSSR count). The number of rotatable bonds is 3. The predicted molar refractivity (Wildman–Crippen MR) is 112 cm³/mol. The van der Waals surface area contributed by atoms with E-state index in [4.69, 9.17) is 9.72 Å². The molecule has 5 nitrogen and oxygen atoms in total. The van der Waals surface area contributed by atoms with Crippen LogP contribution in [-0.4, -0.2) is 37.2 Å². The molecule has 4 aromatic rings. The van der Waals surface area contributed by atoms with Crippen molar-refractivity contribution in [3.8, 4) is 0 Å². The molecule has 1 saturated heterocycles. The van der Waals surface area contributed by atoms with Gasteiger partial charge in [0.05, 0.1) is 29.0 Å². The predicted octanol–water partition coefficient (Wildman–Crippen LogP) is 4.60. The molecule has 0 unspecified atom stereocenters. The molecule has 7 heteroatoms. The number of ether oxygens (including phenoxy) is 1. The van der Waals surface area contributed by atoms with E-state index in [-0.39, 0.29) is 5.91 Å². The summed E-state index contributed by atoms with van der Waals surface area (Å²) in [5.74, 6) is -0.0790. The minimum Gasteiger partial charge on any atom is -0.378 e. The molecule has 0 radical (unpaired) electrons. The first-order valence-electron chi connectivity index (χ1n) is 8.79. The summed E-state index contributed by atoms with van der Waals surface area (Å²) in [6.45, 7) is 3.22. The minimum atomic E-state index is -0.0790. The van der Waals surface area contributed by atoms with Gasteiger partial charge in [-0.15, -0.1) is 11.3 Å². The summed E-state index contributed by atoms with van der Waals surface area (Å²) < 4.78 is 7.61. The van der Waals surface area contributed by atoms with Crippen LogP contribution in [0.15, 0.2) is 47.8 Å². The van der Waals surface area contributed by atoms with Crippen molar-refractivity contribution in [2.24, 2.45) is 0 Å². The van der Waals surface area contributed by atoms with Gasteiger partial charge < -0.3 is 15.0 Å². The van der Waals surface area contributed by atoms with E-state index in [1.165, 1.54) is 0 Å². The first-order valence-corrected chi connectivity index (χ1v) is 10.5. The molecule has 27 heavy (non-hydrogen) atoms. The van der Waals surface area contributed by atoms with Crippen LogP contribution < -0.4 is 10.2 Å². The molecule has 136 valence electrons. The van der Waals surface area contributed by atoms with Crippen molar-refractivity contribution in [1.29, 1.82) is 0 Å². The Balaban J connectivity index is 1.40. The van der Waals surface area contributed by atoms with Crippen molar-refractivity contribution >= 4 is 59.7 Å². The van der Waals surface area contributed by atoms with E-state index in [1.54, 1.807) is 22.7 Å². The maximum absolute atomic E-state index is 12.7. The standard InChI is InChI=1S/C20H17N3O2S2/c24-19(15-12-26-17-4-2-1-3-14(15)17)21-13-5-6-16-18(11-13)27-20(22-16)23-7-9-25-10-8-23/h1-6,11-12H,7-10H2,(H,21,24). The third-order valence-corrected chi connectivity index (χ3v) is 6.68. The summed E-state index contributed by atoms with van der Waals surface area (Å²) >= 11 is 3.25. The van der Waals surface area contributed by atoms with E-state index in [1.807, 2.05) is 47.8 Å². The highest BCUT2D eigenvalue weighted by Crippen LogP contribution is 2.32. The summed E-state index contributed by atoms with van der Waals surface area (Å²) in [4.78, 5) is 19.7. The summed E-state index contributed by atoms with van der Waals surface area (Å²) in [5, 5.41) is 6.96. The maximum Gasteiger partial charge on any atom is 0.257 e. The molecule has 3 heterocycles. The van der Waals surface area contributed by atoms with Crippen LogP contribution in [0.3, 0.4) is 0 Å². The first kappa shape index (κ1) is 16.7. The average molecular weight is 396 g/mol. The fourth-order valence-electron chi connectivity index (χ4n) is 3.23. The third kappa shape index (κ3) is 3.18. The molecule has 1 N–H and O–H groups in total. The Morgan fingerprint density at radius 1 is 1.11 bits per heavy atom. The molecule has 1 fully saturated rings. The highest BCUT2D eigenvalue weighted by molar-refractivity contribution is 7.22. The summed E-state index contributed by atoms with van der Waals surface area (Å²) in [6.07, 6.45) is 0. The molecule has 1 aliphatic rings. The van der Waals surface area contributed by atoms with Gasteiger partial charge in [-0.25, -0.2) is 4.98 Å². The van der Waals surface area contributed by atoms with Crippen LogP contribution in [0, 0.1) is 0 Å². The minimum absolute atomic E-state index is 0.0790. The number of benzene rings is 2. The summed E-state index contributed by atoms with van der Waals surface area (Å²) in [5.41, 5.74) is 2.47. The average Bonchev–Trinajstić information content (AvgIpc) is 3.32. The molecule has 2 aromatic heterocycles. The third-order valence-electron chi connectivity index (χ3n) is 4.64. The van der Waals surface area contributed by atoms with Crippen LogP contribution in [0.25, 0.3) is 20.3 Å². The Morgan fingerprint density at radius 3 is 2.85 bits per heavy atom. The lowest BCUT2D eigenvalue weighted by Gasteiger charge is -2.25. The van der Waals surface area contributed by atoms with Gasteiger partial charge in [0.25, 0.3) is 5.91 Å². The van der Waals surface area contributed by atoms with Gasteiger partial charge in [0.2, 0.25) is 0 Å². The molecule has 0 atom stereocenters. The van der Waals surface area contributed by atoms with Crippen LogP contribution in [-0.2, 0) is 4.74 Å². The Hall–Kier alpha value is -2.48. The van der Waals surface area contributed by atoms with Gasteiger partial charge in [0.1, 0.15) is 0 Å². The monoisotopic (exact) mass is 395 g/mol. The van der Waals surface area contributed by atoms with Crippen molar-refractivity contribution in [3.63, 3.8) is 0 Å². The normalized spacial score (nSPS) is 14.7. The van der Waals surface area contributed by atoms with Crippen molar-refractivity contribution in [2.45, 2.75) is 0 Å². The number of hydrogen-bond donors (Lipinski definition) is 1. The molecule has 2 aromatic carbocycles. The molecular weight excluding hydrogens is 378 g/mol. The number of hydrogen-bond acceptors (Lipinski definition) is 6. The van der Waals surface area contributed by atoms with Crippen LogP contribution >= 0.6 is 22.7 Å². The molecule has 0 saturated carbocycles. The number of carbonyl (C=O) groups is 1. The van der Waals surface area contributed by atoms with E-state index in [9.17, 15) is 4.79 Å². The number of thiazole rings is 1. The van der Waals surface area contributed by atoms with Gasteiger partial charge in [-0.2, -0.15) is 0 Å². The lowest BCUT2D eigenvalue weighted by molar-refractivity contribution is 0.102. The van der Waals surface area contributed by atoms with E-state index in [2.05, 4.69) is 10.2 Å². The zero-order chi connectivity index (χ0) is 18.2. The second kappa shape index (κ2) is 6.92. The second-order valence-corrected chi connectivity index (χ2v) is 8.30. The van der Waals surface area contributed by atoms with E-state index in [0.717, 1.165) is 57.4 Å². The van der Waals surface area contributed by atoms with Crippen molar-refractivity contribution < 1.29 is 9.53 Å². The lowest BCUT2D eigenvalue weighted by Crippen LogP contribution is -2.36. The summed E-state index contributed by atoms with van der Waals surface area (Å²) in [7, 11) is 0. The van der Waals surface area contributed by atoms with Crippen LogP contribution in [0.4, 0.5) is 10.8 Å². The van der Waals surface area contributed by atoms with Crippen LogP contribution in [0.2, 0.25) is 0 Å². The Bertz CT molecular complexity index is 1130. The molecule has 0 aliphatic carbocycles. The fourth-order valence-corrected chi connectivity index (χ4v) is 5.23. The van der Waals surface area contributed by atoms with E-state index >= 15 is 0 Å². The number of fused-ring (bicyclic) bond motifs is 2. The number of amides is 1. The van der Waals surface area contributed by atoms with Crippen molar-refractivity contribution in [1.82, 2.24) is 4.98 Å². The Kier molecular flexibility index (Phi) is 4.27. The molecule has 1 amide bonds. The van der Waals surface area contributed by atoms with Gasteiger partial charge in [-0.05, 0) is 24.3 Å². The number of anilines is 2.